The summed E-state index contributed by atoms with van der Waals surface area (Å²) in [6, 6.07) is 3.62. The maximum absolute atomic E-state index is 13.6. The molecule has 2 heterocycles. The number of nitrogens with zero attached hydrogens (tertiary/aromatic N) is 1. The Morgan fingerprint density at radius 3 is 2.83 bits per heavy atom. The largest absolute Gasteiger partial charge is 0.496 e. The van der Waals surface area contributed by atoms with Gasteiger partial charge in [-0.3, -0.25) is 14.4 Å². The van der Waals surface area contributed by atoms with E-state index in [1.807, 2.05) is 0 Å². The van der Waals surface area contributed by atoms with Crippen molar-refractivity contribution in [3.63, 3.8) is 0 Å². The van der Waals surface area contributed by atoms with Gasteiger partial charge in [0.25, 0.3) is 5.91 Å². The lowest BCUT2D eigenvalue weighted by Crippen LogP contribution is -2.53. The zero-order valence-corrected chi connectivity index (χ0v) is 16.5. The molecule has 1 saturated carbocycles. The highest BCUT2D eigenvalue weighted by Crippen LogP contribution is 2.52. The molecule has 4 rings (SSSR count). The minimum absolute atomic E-state index is 0.0411. The highest BCUT2D eigenvalue weighted by atomic mass is 19.1. The predicted octanol–water partition coefficient (Wildman–Crippen LogP) is 1.47. The molecule has 0 aromatic heterocycles. The minimum Gasteiger partial charge on any atom is -0.496 e. The third kappa shape index (κ3) is 4.21. The molecule has 3 amide bonds. The van der Waals surface area contributed by atoms with Gasteiger partial charge in [0.2, 0.25) is 11.8 Å². The number of carbonyl (C=O) groups is 3. The van der Waals surface area contributed by atoms with Crippen LogP contribution in [0.1, 0.15) is 42.5 Å². The van der Waals surface area contributed by atoms with Crippen LogP contribution >= 0.6 is 0 Å². The van der Waals surface area contributed by atoms with Gasteiger partial charge in [-0.05, 0) is 49.3 Å². The van der Waals surface area contributed by atoms with Gasteiger partial charge in [-0.1, -0.05) is 0 Å². The number of methoxy groups -OCH3 is 1. The van der Waals surface area contributed by atoms with Crippen molar-refractivity contribution in [2.45, 2.75) is 38.1 Å². The normalized spacial score (nSPS) is 24.9. The summed E-state index contributed by atoms with van der Waals surface area (Å²) < 4.78 is 18.8. The Bertz CT molecular complexity index is 839. The Morgan fingerprint density at radius 1 is 1.38 bits per heavy atom. The topological polar surface area (TPSA) is 87.7 Å². The molecule has 8 heteroatoms. The molecule has 2 aliphatic heterocycles. The molecule has 2 N–H and O–H groups in total. The molecule has 1 aliphatic carbocycles. The van der Waals surface area contributed by atoms with Crippen molar-refractivity contribution in [1.82, 2.24) is 15.5 Å². The van der Waals surface area contributed by atoms with Crippen molar-refractivity contribution < 1.29 is 23.5 Å². The van der Waals surface area contributed by atoms with E-state index in [2.05, 4.69) is 10.6 Å². The quantitative estimate of drug-likeness (QED) is 0.780. The van der Waals surface area contributed by atoms with Crippen LogP contribution in [0.5, 0.6) is 5.75 Å². The SMILES string of the molecule is COc1ccc(F)cc1C(=O)NC1CN(C(=O)CC2CCNC2=O)CC2(CC2)C1. The number of amides is 3. The zero-order valence-electron chi connectivity index (χ0n) is 16.5. The van der Waals surface area contributed by atoms with Crippen molar-refractivity contribution in [2.24, 2.45) is 11.3 Å². The van der Waals surface area contributed by atoms with E-state index in [0.717, 1.165) is 25.3 Å². The van der Waals surface area contributed by atoms with Crippen LogP contribution in [-0.4, -0.2) is 55.4 Å². The Kier molecular flexibility index (Phi) is 5.19. The van der Waals surface area contributed by atoms with E-state index in [9.17, 15) is 18.8 Å². The van der Waals surface area contributed by atoms with E-state index >= 15 is 0 Å². The second kappa shape index (κ2) is 7.65. The fourth-order valence-electron chi connectivity index (χ4n) is 4.51. The number of piperidine rings is 1. The lowest BCUT2D eigenvalue weighted by Gasteiger charge is -2.39. The van der Waals surface area contributed by atoms with Crippen LogP contribution < -0.4 is 15.4 Å². The fourth-order valence-corrected chi connectivity index (χ4v) is 4.51. The Morgan fingerprint density at radius 2 is 2.17 bits per heavy atom. The van der Waals surface area contributed by atoms with E-state index in [4.69, 9.17) is 4.74 Å². The lowest BCUT2D eigenvalue weighted by atomic mass is 9.90. The minimum atomic E-state index is -0.509. The molecule has 3 aliphatic rings. The highest BCUT2D eigenvalue weighted by molar-refractivity contribution is 5.97. The summed E-state index contributed by atoms with van der Waals surface area (Å²) in [6.07, 6.45) is 3.74. The summed E-state index contributed by atoms with van der Waals surface area (Å²) in [4.78, 5) is 39.2. The summed E-state index contributed by atoms with van der Waals surface area (Å²) in [5.74, 6) is -0.970. The van der Waals surface area contributed by atoms with Crippen LogP contribution in [0.4, 0.5) is 4.39 Å². The highest BCUT2D eigenvalue weighted by Gasteiger charge is 2.50. The van der Waals surface area contributed by atoms with Crippen LogP contribution in [0.15, 0.2) is 18.2 Å². The van der Waals surface area contributed by atoms with Crippen molar-refractivity contribution in [1.29, 1.82) is 0 Å². The summed E-state index contributed by atoms with van der Waals surface area (Å²) >= 11 is 0. The number of hydrogen-bond donors (Lipinski definition) is 2. The van der Waals surface area contributed by atoms with Gasteiger partial charge in [0, 0.05) is 38.0 Å². The molecule has 7 nitrogen and oxygen atoms in total. The Labute approximate surface area is 169 Å². The second-order valence-electron chi connectivity index (χ2n) is 8.47. The average Bonchev–Trinajstić information content (AvgIpc) is 3.31. The first-order valence-electron chi connectivity index (χ1n) is 10.1. The van der Waals surface area contributed by atoms with Gasteiger partial charge in [-0.15, -0.1) is 0 Å². The van der Waals surface area contributed by atoms with Gasteiger partial charge in [0.15, 0.2) is 0 Å². The Hall–Kier alpha value is -2.64. The van der Waals surface area contributed by atoms with Gasteiger partial charge in [0.05, 0.1) is 12.7 Å². The lowest BCUT2D eigenvalue weighted by molar-refractivity contribution is -0.137. The van der Waals surface area contributed by atoms with Crippen LogP contribution in [0.3, 0.4) is 0 Å². The monoisotopic (exact) mass is 403 g/mol. The van der Waals surface area contributed by atoms with Crippen molar-refractivity contribution in [3.8, 4) is 5.75 Å². The third-order valence-corrected chi connectivity index (χ3v) is 6.28. The molecule has 1 spiro atoms. The smallest absolute Gasteiger partial charge is 0.255 e. The molecule has 2 atom stereocenters. The molecule has 2 unspecified atom stereocenters. The van der Waals surface area contributed by atoms with E-state index in [0.29, 0.717) is 31.8 Å². The van der Waals surface area contributed by atoms with Gasteiger partial charge in [0.1, 0.15) is 11.6 Å². The second-order valence-corrected chi connectivity index (χ2v) is 8.47. The third-order valence-electron chi connectivity index (χ3n) is 6.28. The molecular formula is C21H26FN3O4. The van der Waals surface area contributed by atoms with Crippen LogP contribution in [0.2, 0.25) is 0 Å². The van der Waals surface area contributed by atoms with Crippen molar-refractivity contribution >= 4 is 17.7 Å². The van der Waals surface area contributed by atoms with E-state index in [-0.39, 0.29) is 41.2 Å². The van der Waals surface area contributed by atoms with Crippen LogP contribution in [0, 0.1) is 17.2 Å². The number of rotatable bonds is 5. The van der Waals surface area contributed by atoms with E-state index < -0.39 is 11.7 Å². The maximum atomic E-state index is 13.6. The summed E-state index contributed by atoms with van der Waals surface area (Å²) in [5, 5.41) is 5.73. The van der Waals surface area contributed by atoms with Gasteiger partial charge < -0.3 is 20.3 Å². The maximum Gasteiger partial charge on any atom is 0.255 e. The number of halogens is 1. The summed E-state index contributed by atoms with van der Waals surface area (Å²) in [7, 11) is 1.43. The van der Waals surface area contributed by atoms with E-state index in [1.165, 1.54) is 19.2 Å². The molecule has 3 fully saturated rings. The molecule has 1 aromatic carbocycles. The first-order valence-corrected chi connectivity index (χ1v) is 10.1. The van der Waals surface area contributed by atoms with Crippen LogP contribution in [-0.2, 0) is 9.59 Å². The van der Waals surface area contributed by atoms with Gasteiger partial charge in [-0.25, -0.2) is 4.39 Å². The Balaban J connectivity index is 1.44. The number of likely N-dealkylation sites (tertiary alicyclic amines) is 1. The summed E-state index contributed by atoms with van der Waals surface area (Å²) in [6.45, 7) is 1.70. The average molecular weight is 403 g/mol. The van der Waals surface area contributed by atoms with Gasteiger partial charge in [-0.2, -0.15) is 0 Å². The molecule has 29 heavy (non-hydrogen) atoms. The number of hydrogen-bond acceptors (Lipinski definition) is 4. The predicted molar refractivity (Wildman–Crippen MR) is 103 cm³/mol. The van der Waals surface area contributed by atoms with Crippen molar-refractivity contribution in [3.05, 3.63) is 29.6 Å². The van der Waals surface area contributed by atoms with Crippen molar-refractivity contribution in [2.75, 3.05) is 26.7 Å². The van der Waals surface area contributed by atoms with Crippen LogP contribution in [0.25, 0.3) is 0 Å². The molecule has 0 radical (unpaired) electrons. The molecule has 0 bridgehead atoms. The van der Waals surface area contributed by atoms with Gasteiger partial charge >= 0.3 is 0 Å². The zero-order chi connectivity index (χ0) is 20.6. The molecule has 2 saturated heterocycles. The number of ether oxygens (including phenoxy) is 1. The van der Waals surface area contributed by atoms with E-state index in [1.54, 1.807) is 4.90 Å². The number of carbonyl (C=O) groups excluding carboxylic acids is 3. The molecule has 1 aromatic rings. The summed E-state index contributed by atoms with van der Waals surface area (Å²) in [5.41, 5.74) is 0.193. The number of benzene rings is 1. The molecule has 156 valence electrons. The first-order chi connectivity index (χ1) is 13.9. The first kappa shape index (κ1) is 19.7. The molecular weight excluding hydrogens is 377 g/mol. The fraction of sp³-hybridized carbons (Fsp3) is 0.571. The number of nitrogens with one attached hydrogen (secondary N) is 2. The standard InChI is InChI=1S/C21H26FN3O4/c1-29-17-3-2-14(22)9-16(17)20(28)24-15-10-21(5-6-21)12-25(11-15)18(26)8-13-4-7-23-19(13)27/h2-3,9,13,15H,4-8,10-12H2,1H3,(H,23,27)(H,24,28).